The van der Waals surface area contributed by atoms with Gasteiger partial charge in [0.25, 0.3) is 0 Å². The van der Waals surface area contributed by atoms with Gasteiger partial charge >= 0.3 is 6.18 Å². The predicted molar refractivity (Wildman–Crippen MR) is 57.2 cm³/mol. The summed E-state index contributed by atoms with van der Waals surface area (Å²) >= 11 is 0. The summed E-state index contributed by atoms with van der Waals surface area (Å²) in [5, 5.41) is 0. The maximum atomic E-state index is 12.8. The number of methoxy groups -OCH3 is 1. The van der Waals surface area contributed by atoms with Gasteiger partial charge in [-0.1, -0.05) is 0 Å². The fraction of sp³-hybridized carbons (Fsp3) is 1.00. The molecule has 2 atom stereocenters. The quantitative estimate of drug-likeness (QED) is 0.769. The van der Waals surface area contributed by atoms with Gasteiger partial charge < -0.3 is 10.5 Å². The highest BCUT2D eigenvalue weighted by molar-refractivity contribution is 4.87. The third-order valence-corrected chi connectivity index (χ3v) is 2.41. The van der Waals surface area contributed by atoms with Crippen molar-refractivity contribution in [3.63, 3.8) is 0 Å². The van der Waals surface area contributed by atoms with Crippen molar-refractivity contribution in [1.29, 1.82) is 0 Å². The molecular weight excluding hydrogens is 221 g/mol. The molecular formula is C10H21F3N2O. The molecule has 0 aliphatic heterocycles. The fourth-order valence-corrected chi connectivity index (χ4v) is 1.70. The van der Waals surface area contributed by atoms with Crippen LogP contribution in [0, 0.1) is 0 Å². The van der Waals surface area contributed by atoms with Crippen LogP contribution in [0.4, 0.5) is 13.2 Å². The molecule has 0 rings (SSSR count). The average Bonchev–Trinajstić information content (AvgIpc) is 2.08. The SMILES string of the molecule is COCCN(C(C)C)C(C(C)N)C(F)(F)F. The number of halogens is 3. The number of alkyl halides is 3. The Morgan fingerprint density at radius 3 is 2.00 bits per heavy atom. The normalized spacial score (nSPS) is 16.9. The smallest absolute Gasteiger partial charge is 0.383 e. The monoisotopic (exact) mass is 242 g/mol. The first-order chi connectivity index (χ1) is 7.21. The molecule has 0 fully saturated rings. The van der Waals surface area contributed by atoms with Gasteiger partial charge in [-0.3, -0.25) is 4.90 Å². The second-order valence-corrected chi connectivity index (χ2v) is 4.17. The van der Waals surface area contributed by atoms with Crippen LogP contribution in [0.15, 0.2) is 0 Å². The van der Waals surface area contributed by atoms with Crippen LogP contribution >= 0.6 is 0 Å². The summed E-state index contributed by atoms with van der Waals surface area (Å²) in [6.45, 7) is 5.30. The summed E-state index contributed by atoms with van der Waals surface area (Å²) in [4.78, 5) is 1.33. The van der Waals surface area contributed by atoms with Crippen LogP contribution in [0.1, 0.15) is 20.8 Å². The van der Waals surface area contributed by atoms with Crippen molar-refractivity contribution in [3.8, 4) is 0 Å². The summed E-state index contributed by atoms with van der Waals surface area (Å²) in [5.74, 6) is 0. The molecule has 0 aliphatic rings. The first kappa shape index (κ1) is 15.7. The molecule has 98 valence electrons. The highest BCUT2D eigenvalue weighted by Gasteiger charge is 2.46. The minimum absolute atomic E-state index is 0.222. The lowest BCUT2D eigenvalue weighted by molar-refractivity contribution is -0.194. The van der Waals surface area contributed by atoms with Gasteiger partial charge in [-0.05, 0) is 20.8 Å². The zero-order chi connectivity index (χ0) is 12.9. The highest BCUT2D eigenvalue weighted by Crippen LogP contribution is 2.27. The van der Waals surface area contributed by atoms with E-state index in [1.165, 1.54) is 18.9 Å². The summed E-state index contributed by atoms with van der Waals surface area (Å²) in [5.41, 5.74) is 5.43. The van der Waals surface area contributed by atoms with Crippen molar-refractivity contribution < 1.29 is 17.9 Å². The van der Waals surface area contributed by atoms with E-state index in [4.69, 9.17) is 10.5 Å². The molecule has 0 heterocycles. The second-order valence-electron chi connectivity index (χ2n) is 4.17. The Balaban J connectivity index is 4.81. The average molecular weight is 242 g/mol. The lowest BCUT2D eigenvalue weighted by Gasteiger charge is -2.38. The number of hydrogen-bond acceptors (Lipinski definition) is 3. The Hall–Kier alpha value is -0.330. The fourth-order valence-electron chi connectivity index (χ4n) is 1.70. The van der Waals surface area contributed by atoms with E-state index in [0.717, 1.165) is 0 Å². The van der Waals surface area contributed by atoms with Crippen molar-refractivity contribution in [2.24, 2.45) is 5.73 Å². The molecule has 0 radical (unpaired) electrons. The number of rotatable bonds is 6. The van der Waals surface area contributed by atoms with Gasteiger partial charge in [-0.15, -0.1) is 0 Å². The van der Waals surface area contributed by atoms with Crippen LogP contribution in [0.3, 0.4) is 0 Å². The van der Waals surface area contributed by atoms with E-state index < -0.39 is 18.3 Å². The van der Waals surface area contributed by atoms with Crippen molar-refractivity contribution in [3.05, 3.63) is 0 Å². The minimum atomic E-state index is -4.31. The zero-order valence-electron chi connectivity index (χ0n) is 10.2. The molecule has 0 amide bonds. The lowest BCUT2D eigenvalue weighted by Crippen LogP contribution is -2.57. The number of hydrogen-bond donors (Lipinski definition) is 1. The molecule has 0 saturated carbocycles. The predicted octanol–water partition coefficient (Wildman–Crippen LogP) is 1.62. The lowest BCUT2D eigenvalue weighted by atomic mass is 10.1. The molecule has 6 heteroatoms. The van der Waals surface area contributed by atoms with Gasteiger partial charge in [0.1, 0.15) is 6.04 Å². The third kappa shape index (κ3) is 4.67. The molecule has 0 aromatic carbocycles. The van der Waals surface area contributed by atoms with Crippen LogP contribution in [-0.4, -0.2) is 49.5 Å². The van der Waals surface area contributed by atoms with Crippen molar-refractivity contribution in [1.82, 2.24) is 4.90 Å². The number of nitrogens with two attached hydrogens (primary N) is 1. The van der Waals surface area contributed by atoms with Crippen LogP contribution in [0.25, 0.3) is 0 Å². The van der Waals surface area contributed by atoms with Crippen LogP contribution < -0.4 is 5.73 Å². The van der Waals surface area contributed by atoms with Crippen LogP contribution in [0.2, 0.25) is 0 Å². The Morgan fingerprint density at radius 1 is 1.25 bits per heavy atom. The Bertz CT molecular complexity index is 195. The van der Waals surface area contributed by atoms with E-state index in [9.17, 15) is 13.2 Å². The second kappa shape index (κ2) is 6.42. The van der Waals surface area contributed by atoms with E-state index in [0.29, 0.717) is 0 Å². The Kier molecular flexibility index (Phi) is 6.28. The summed E-state index contributed by atoms with van der Waals surface area (Å²) in [7, 11) is 1.47. The highest BCUT2D eigenvalue weighted by atomic mass is 19.4. The summed E-state index contributed by atoms with van der Waals surface area (Å²) in [6.07, 6.45) is -4.31. The Morgan fingerprint density at radius 2 is 1.75 bits per heavy atom. The van der Waals surface area contributed by atoms with E-state index in [1.54, 1.807) is 13.8 Å². The maximum absolute atomic E-state index is 12.8. The van der Waals surface area contributed by atoms with E-state index >= 15 is 0 Å². The van der Waals surface area contributed by atoms with Crippen LogP contribution in [0.5, 0.6) is 0 Å². The van der Waals surface area contributed by atoms with Gasteiger partial charge in [-0.2, -0.15) is 13.2 Å². The molecule has 16 heavy (non-hydrogen) atoms. The van der Waals surface area contributed by atoms with Crippen molar-refractivity contribution in [2.45, 2.75) is 45.1 Å². The first-order valence-electron chi connectivity index (χ1n) is 5.28. The molecule has 0 saturated heterocycles. The van der Waals surface area contributed by atoms with E-state index in [2.05, 4.69) is 0 Å². The molecule has 0 aromatic heterocycles. The minimum Gasteiger partial charge on any atom is -0.383 e. The molecule has 2 N–H and O–H groups in total. The topological polar surface area (TPSA) is 38.5 Å². The van der Waals surface area contributed by atoms with Gasteiger partial charge in [0.15, 0.2) is 0 Å². The van der Waals surface area contributed by atoms with E-state index in [-0.39, 0.29) is 19.2 Å². The zero-order valence-corrected chi connectivity index (χ0v) is 10.2. The summed E-state index contributed by atoms with van der Waals surface area (Å²) in [6, 6.07) is -2.81. The Labute approximate surface area is 94.7 Å². The van der Waals surface area contributed by atoms with Crippen molar-refractivity contribution in [2.75, 3.05) is 20.3 Å². The number of ether oxygens (including phenoxy) is 1. The largest absolute Gasteiger partial charge is 0.405 e. The third-order valence-electron chi connectivity index (χ3n) is 2.41. The van der Waals surface area contributed by atoms with Crippen LogP contribution in [-0.2, 0) is 4.74 Å². The van der Waals surface area contributed by atoms with Gasteiger partial charge in [0, 0.05) is 25.7 Å². The van der Waals surface area contributed by atoms with Crippen molar-refractivity contribution >= 4 is 0 Å². The molecule has 2 unspecified atom stereocenters. The van der Waals surface area contributed by atoms with Gasteiger partial charge in [0.2, 0.25) is 0 Å². The number of nitrogens with zero attached hydrogens (tertiary/aromatic N) is 1. The molecule has 0 aromatic rings. The van der Waals surface area contributed by atoms with Gasteiger partial charge in [0.05, 0.1) is 6.61 Å². The standard InChI is InChI=1S/C10H21F3N2O/c1-7(2)15(5-6-16-4)9(8(3)14)10(11,12)13/h7-9H,5-6,14H2,1-4H3. The molecule has 3 nitrogen and oxygen atoms in total. The molecule has 0 aliphatic carbocycles. The molecule has 0 spiro atoms. The van der Waals surface area contributed by atoms with Gasteiger partial charge in [-0.25, -0.2) is 0 Å². The molecule has 0 bridgehead atoms. The summed E-state index contributed by atoms with van der Waals surface area (Å²) < 4.78 is 43.4. The van der Waals surface area contributed by atoms with E-state index in [1.807, 2.05) is 0 Å². The maximum Gasteiger partial charge on any atom is 0.405 e. The first-order valence-corrected chi connectivity index (χ1v) is 5.28.